The molecular formula is C12H12Cl2N4OS. The van der Waals surface area contributed by atoms with Crippen molar-refractivity contribution in [1.82, 2.24) is 10.2 Å². The van der Waals surface area contributed by atoms with Gasteiger partial charge >= 0.3 is 0 Å². The number of carbonyl (C=O) groups is 1. The maximum atomic E-state index is 12.0. The molecule has 0 radical (unpaired) electrons. The van der Waals surface area contributed by atoms with E-state index in [2.05, 4.69) is 20.8 Å². The second-order valence-corrected chi connectivity index (χ2v) is 6.13. The monoisotopic (exact) mass is 330 g/mol. The Labute approximate surface area is 130 Å². The molecule has 1 heterocycles. The molecule has 0 aliphatic rings. The summed E-state index contributed by atoms with van der Waals surface area (Å²) in [5.74, 6) is -0.216. The van der Waals surface area contributed by atoms with E-state index in [0.29, 0.717) is 20.9 Å². The summed E-state index contributed by atoms with van der Waals surface area (Å²) in [7, 11) is 0. The number of amides is 1. The normalized spacial score (nSPS) is 12.0. The number of halogens is 2. The summed E-state index contributed by atoms with van der Waals surface area (Å²) >= 11 is 13.2. The van der Waals surface area contributed by atoms with Crippen LogP contribution >= 0.6 is 34.5 Å². The summed E-state index contributed by atoms with van der Waals surface area (Å²) in [5, 5.41) is 15.7. The van der Waals surface area contributed by atoms with E-state index >= 15 is 0 Å². The Morgan fingerprint density at radius 2 is 2.10 bits per heavy atom. The molecule has 20 heavy (non-hydrogen) atoms. The fraction of sp³-hybridized carbons (Fsp3) is 0.250. The van der Waals surface area contributed by atoms with Crippen LogP contribution in [0, 0.1) is 6.92 Å². The fourth-order valence-electron chi connectivity index (χ4n) is 1.47. The highest BCUT2D eigenvalue weighted by atomic mass is 35.5. The van der Waals surface area contributed by atoms with Gasteiger partial charge in [0.25, 0.3) is 0 Å². The van der Waals surface area contributed by atoms with Crippen LogP contribution in [0.25, 0.3) is 0 Å². The van der Waals surface area contributed by atoms with E-state index in [4.69, 9.17) is 23.2 Å². The van der Waals surface area contributed by atoms with E-state index in [1.54, 1.807) is 25.1 Å². The van der Waals surface area contributed by atoms with Crippen molar-refractivity contribution in [2.75, 3.05) is 10.6 Å². The van der Waals surface area contributed by atoms with Crippen LogP contribution in [0.3, 0.4) is 0 Å². The van der Waals surface area contributed by atoms with Crippen LogP contribution in [-0.2, 0) is 4.79 Å². The van der Waals surface area contributed by atoms with Crippen molar-refractivity contribution < 1.29 is 4.79 Å². The van der Waals surface area contributed by atoms with Gasteiger partial charge in [0.15, 0.2) is 0 Å². The summed E-state index contributed by atoms with van der Waals surface area (Å²) in [6.07, 6.45) is 0. The summed E-state index contributed by atoms with van der Waals surface area (Å²) in [5.41, 5.74) is 0.646. The summed E-state index contributed by atoms with van der Waals surface area (Å²) in [6, 6.07) is 4.57. The van der Waals surface area contributed by atoms with Crippen LogP contribution in [0.1, 0.15) is 11.9 Å². The van der Waals surface area contributed by atoms with Gasteiger partial charge in [-0.25, -0.2) is 0 Å². The first-order chi connectivity index (χ1) is 9.45. The minimum absolute atomic E-state index is 0.216. The molecule has 1 aromatic heterocycles. The molecule has 0 spiro atoms. The fourth-order valence-corrected chi connectivity index (χ4v) is 2.52. The second kappa shape index (κ2) is 6.39. The molecule has 0 fully saturated rings. The third-order valence-corrected chi connectivity index (χ3v) is 3.75. The Bertz CT molecular complexity index is 632. The zero-order chi connectivity index (χ0) is 14.7. The number of rotatable bonds is 4. The van der Waals surface area contributed by atoms with E-state index in [0.717, 1.165) is 5.01 Å². The smallest absolute Gasteiger partial charge is 0.248 e. The van der Waals surface area contributed by atoms with E-state index in [-0.39, 0.29) is 5.91 Å². The number of nitrogens with one attached hydrogen (secondary N) is 2. The molecule has 2 rings (SSSR count). The number of hydrogen-bond acceptors (Lipinski definition) is 5. The molecule has 1 amide bonds. The number of aryl methyl sites for hydroxylation is 1. The van der Waals surface area contributed by atoms with Gasteiger partial charge in [0.05, 0.1) is 10.7 Å². The molecule has 1 atom stereocenters. The Morgan fingerprint density at radius 3 is 2.70 bits per heavy atom. The van der Waals surface area contributed by atoms with Crippen LogP contribution in [0.2, 0.25) is 10.0 Å². The van der Waals surface area contributed by atoms with Crippen LogP contribution in [0.5, 0.6) is 0 Å². The first-order valence-electron chi connectivity index (χ1n) is 5.78. The zero-order valence-corrected chi connectivity index (χ0v) is 13.1. The summed E-state index contributed by atoms with van der Waals surface area (Å²) < 4.78 is 0. The number of anilines is 2. The topological polar surface area (TPSA) is 66.9 Å². The van der Waals surface area contributed by atoms with Gasteiger partial charge in [-0.3, -0.25) is 10.1 Å². The van der Waals surface area contributed by atoms with Gasteiger partial charge in [0, 0.05) is 5.02 Å². The molecule has 2 aromatic rings. The Kier molecular flexibility index (Phi) is 4.80. The minimum Gasteiger partial charge on any atom is -0.373 e. The third-order valence-electron chi connectivity index (χ3n) is 2.45. The maximum Gasteiger partial charge on any atom is 0.248 e. The van der Waals surface area contributed by atoms with Crippen molar-refractivity contribution in [2.45, 2.75) is 19.9 Å². The SMILES string of the molecule is Cc1nnc(NC(=O)[C@H](C)Nc2ccc(Cl)cc2Cl)s1. The van der Waals surface area contributed by atoms with Gasteiger partial charge in [0.2, 0.25) is 11.0 Å². The summed E-state index contributed by atoms with van der Waals surface area (Å²) in [4.78, 5) is 12.0. The Morgan fingerprint density at radius 1 is 1.35 bits per heavy atom. The van der Waals surface area contributed by atoms with E-state index in [1.807, 2.05) is 6.92 Å². The number of benzene rings is 1. The predicted molar refractivity (Wildman–Crippen MR) is 82.8 cm³/mol. The van der Waals surface area contributed by atoms with Gasteiger partial charge in [-0.1, -0.05) is 34.5 Å². The van der Waals surface area contributed by atoms with Crippen molar-refractivity contribution in [1.29, 1.82) is 0 Å². The molecule has 0 saturated heterocycles. The minimum atomic E-state index is -0.474. The van der Waals surface area contributed by atoms with E-state index in [1.165, 1.54) is 11.3 Å². The highest BCUT2D eigenvalue weighted by Gasteiger charge is 2.15. The lowest BCUT2D eigenvalue weighted by atomic mass is 10.2. The van der Waals surface area contributed by atoms with Gasteiger partial charge in [-0.05, 0) is 32.0 Å². The first kappa shape index (κ1) is 15.0. The zero-order valence-electron chi connectivity index (χ0n) is 10.8. The van der Waals surface area contributed by atoms with Crippen LogP contribution < -0.4 is 10.6 Å². The van der Waals surface area contributed by atoms with E-state index < -0.39 is 6.04 Å². The molecule has 0 aliphatic carbocycles. The van der Waals surface area contributed by atoms with Gasteiger partial charge < -0.3 is 5.32 Å². The van der Waals surface area contributed by atoms with Crippen molar-refractivity contribution in [3.05, 3.63) is 33.3 Å². The van der Waals surface area contributed by atoms with Crippen LogP contribution in [0.4, 0.5) is 10.8 Å². The Balaban J connectivity index is 2.00. The van der Waals surface area contributed by atoms with Crippen molar-refractivity contribution in [3.63, 3.8) is 0 Å². The molecule has 0 bridgehead atoms. The highest BCUT2D eigenvalue weighted by Crippen LogP contribution is 2.26. The maximum absolute atomic E-state index is 12.0. The molecule has 0 saturated carbocycles. The quantitative estimate of drug-likeness (QED) is 0.898. The molecule has 106 valence electrons. The molecule has 5 nitrogen and oxygen atoms in total. The lowest BCUT2D eigenvalue weighted by Gasteiger charge is -2.15. The second-order valence-electron chi connectivity index (χ2n) is 4.11. The van der Waals surface area contributed by atoms with Crippen molar-refractivity contribution in [2.24, 2.45) is 0 Å². The van der Waals surface area contributed by atoms with Crippen molar-refractivity contribution >= 4 is 51.3 Å². The molecule has 0 aliphatic heterocycles. The lowest BCUT2D eigenvalue weighted by Crippen LogP contribution is -2.31. The number of nitrogens with zero attached hydrogens (tertiary/aromatic N) is 2. The average Bonchev–Trinajstić information content (AvgIpc) is 2.78. The van der Waals surface area contributed by atoms with Gasteiger partial charge in [0.1, 0.15) is 11.0 Å². The molecular weight excluding hydrogens is 319 g/mol. The largest absolute Gasteiger partial charge is 0.373 e. The van der Waals surface area contributed by atoms with Crippen LogP contribution in [-0.4, -0.2) is 22.1 Å². The number of carbonyl (C=O) groups excluding carboxylic acids is 1. The third kappa shape index (κ3) is 3.82. The first-order valence-corrected chi connectivity index (χ1v) is 7.35. The van der Waals surface area contributed by atoms with Crippen molar-refractivity contribution in [3.8, 4) is 0 Å². The predicted octanol–water partition coefficient (Wildman–Crippen LogP) is 3.59. The average molecular weight is 331 g/mol. The van der Waals surface area contributed by atoms with Crippen LogP contribution in [0.15, 0.2) is 18.2 Å². The lowest BCUT2D eigenvalue weighted by molar-refractivity contribution is -0.116. The molecule has 1 aromatic carbocycles. The van der Waals surface area contributed by atoms with Gasteiger partial charge in [-0.2, -0.15) is 0 Å². The highest BCUT2D eigenvalue weighted by molar-refractivity contribution is 7.15. The van der Waals surface area contributed by atoms with Gasteiger partial charge in [-0.15, -0.1) is 10.2 Å². The summed E-state index contributed by atoms with van der Waals surface area (Å²) in [6.45, 7) is 3.55. The molecule has 2 N–H and O–H groups in total. The number of aromatic nitrogens is 2. The standard InChI is InChI=1S/C12H12Cl2N4OS/c1-6(11(19)16-12-18-17-7(2)20-12)15-10-4-3-8(13)5-9(10)14/h3-6,15H,1-2H3,(H,16,18,19)/t6-/m0/s1. The molecule has 0 unspecified atom stereocenters. The number of hydrogen-bond donors (Lipinski definition) is 2. The molecule has 8 heteroatoms. The Hall–Kier alpha value is -1.37. The van der Waals surface area contributed by atoms with E-state index in [9.17, 15) is 4.79 Å².